The number of carbonyl (C=O) groups excluding carboxylic acids is 1. The SMILES string of the molecule is Cc1ccc(-n2c(=O)c3ccccc3n(CC(=O)NC(C)C)c2=O)cc1C. The molecule has 0 fully saturated rings. The third kappa shape index (κ3) is 3.56. The van der Waals surface area contributed by atoms with E-state index in [-0.39, 0.29) is 24.1 Å². The Bertz CT molecular complexity index is 1140. The first-order valence-corrected chi connectivity index (χ1v) is 8.91. The van der Waals surface area contributed by atoms with Crippen molar-refractivity contribution in [3.05, 3.63) is 74.4 Å². The molecule has 0 saturated carbocycles. The fourth-order valence-corrected chi connectivity index (χ4v) is 3.08. The molecule has 1 aromatic heterocycles. The van der Waals surface area contributed by atoms with E-state index in [1.54, 1.807) is 30.3 Å². The summed E-state index contributed by atoms with van der Waals surface area (Å²) in [6.45, 7) is 7.46. The molecule has 0 unspecified atom stereocenters. The molecule has 6 heteroatoms. The van der Waals surface area contributed by atoms with E-state index in [9.17, 15) is 14.4 Å². The standard InChI is InChI=1S/C21H23N3O3/c1-13(2)22-19(25)12-23-18-8-6-5-7-17(18)20(26)24(21(23)27)16-10-9-14(3)15(4)11-16/h5-11,13H,12H2,1-4H3,(H,22,25). The smallest absolute Gasteiger partial charge is 0.336 e. The van der Waals surface area contributed by atoms with E-state index in [0.29, 0.717) is 16.6 Å². The van der Waals surface area contributed by atoms with Crippen LogP contribution in [-0.2, 0) is 11.3 Å². The molecular formula is C21H23N3O3. The average Bonchev–Trinajstić information content (AvgIpc) is 2.61. The van der Waals surface area contributed by atoms with Gasteiger partial charge in [0.05, 0.1) is 16.6 Å². The van der Waals surface area contributed by atoms with Crippen LogP contribution >= 0.6 is 0 Å². The van der Waals surface area contributed by atoms with Crippen LogP contribution in [0.5, 0.6) is 0 Å². The summed E-state index contributed by atoms with van der Waals surface area (Å²) in [4.78, 5) is 38.5. The van der Waals surface area contributed by atoms with E-state index in [2.05, 4.69) is 5.32 Å². The van der Waals surface area contributed by atoms with Gasteiger partial charge in [-0.3, -0.25) is 14.2 Å². The predicted octanol–water partition coefficient (Wildman–Crippen LogP) is 2.29. The van der Waals surface area contributed by atoms with Crippen LogP contribution in [0.3, 0.4) is 0 Å². The highest BCUT2D eigenvalue weighted by Gasteiger charge is 2.17. The summed E-state index contributed by atoms with van der Waals surface area (Å²) in [5.41, 5.74) is 2.09. The molecule has 0 spiro atoms. The minimum Gasteiger partial charge on any atom is -0.352 e. The van der Waals surface area contributed by atoms with Crippen molar-refractivity contribution in [1.29, 1.82) is 0 Å². The van der Waals surface area contributed by atoms with Crippen molar-refractivity contribution < 1.29 is 4.79 Å². The Morgan fingerprint density at radius 2 is 1.74 bits per heavy atom. The lowest BCUT2D eigenvalue weighted by molar-refractivity contribution is -0.122. The number of hydrogen-bond donors (Lipinski definition) is 1. The first-order valence-electron chi connectivity index (χ1n) is 8.91. The van der Waals surface area contributed by atoms with Crippen LogP contribution in [0.1, 0.15) is 25.0 Å². The number of aromatic nitrogens is 2. The average molecular weight is 365 g/mol. The van der Waals surface area contributed by atoms with Gasteiger partial charge in [0, 0.05) is 6.04 Å². The second-order valence-electron chi connectivity index (χ2n) is 7.02. The highest BCUT2D eigenvalue weighted by atomic mass is 16.2. The molecule has 2 aromatic carbocycles. The van der Waals surface area contributed by atoms with E-state index in [0.717, 1.165) is 15.7 Å². The Morgan fingerprint density at radius 3 is 2.41 bits per heavy atom. The summed E-state index contributed by atoms with van der Waals surface area (Å²) in [5.74, 6) is -0.275. The minimum atomic E-state index is -0.527. The molecule has 1 N–H and O–H groups in total. The van der Waals surface area contributed by atoms with E-state index >= 15 is 0 Å². The van der Waals surface area contributed by atoms with Crippen LogP contribution in [0.15, 0.2) is 52.1 Å². The number of benzene rings is 2. The predicted molar refractivity (Wildman–Crippen MR) is 107 cm³/mol. The lowest BCUT2D eigenvalue weighted by Gasteiger charge is -2.15. The number of para-hydroxylation sites is 1. The monoisotopic (exact) mass is 365 g/mol. The molecule has 3 aromatic rings. The highest BCUT2D eigenvalue weighted by Crippen LogP contribution is 2.13. The molecule has 0 atom stereocenters. The molecule has 0 aliphatic heterocycles. The van der Waals surface area contributed by atoms with Crippen molar-refractivity contribution in [3.8, 4) is 5.69 Å². The van der Waals surface area contributed by atoms with E-state index in [1.807, 2.05) is 39.8 Å². The number of amides is 1. The van der Waals surface area contributed by atoms with Crippen molar-refractivity contribution >= 4 is 16.8 Å². The number of fused-ring (bicyclic) bond motifs is 1. The summed E-state index contributed by atoms with van der Waals surface area (Å²) < 4.78 is 2.49. The highest BCUT2D eigenvalue weighted by molar-refractivity contribution is 5.82. The molecular weight excluding hydrogens is 342 g/mol. The molecule has 140 valence electrons. The number of rotatable bonds is 4. The lowest BCUT2D eigenvalue weighted by Crippen LogP contribution is -2.42. The molecule has 0 aliphatic carbocycles. The number of aryl methyl sites for hydroxylation is 2. The third-order valence-corrected chi connectivity index (χ3v) is 4.55. The molecule has 0 bridgehead atoms. The van der Waals surface area contributed by atoms with Crippen molar-refractivity contribution in [3.63, 3.8) is 0 Å². The van der Waals surface area contributed by atoms with E-state index < -0.39 is 5.69 Å². The normalized spacial score (nSPS) is 11.1. The van der Waals surface area contributed by atoms with Crippen molar-refractivity contribution in [2.75, 3.05) is 0 Å². The molecule has 0 saturated heterocycles. The maximum atomic E-state index is 13.2. The zero-order valence-corrected chi connectivity index (χ0v) is 15.9. The Labute approximate surface area is 157 Å². The third-order valence-electron chi connectivity index (χ3n) is 4.55. The Balaban J connectivity index is 2.29. The number of carbonyl (C=O) groups is 1. The van der Waals surface area contributed by atoms with Gasteiger partial charge < -0.3 is 5.32 Å². The first-order chi connectivity index (χ1) is 12.8. The second kappa shape index (κ2) is 7.23. The van der Waals surface area contributed by atoms with Gasteiger partial charge in [-0.2, -0.15) is 0 Å². The van der Waals surface area contributed by atoms with Gasteiger partial charge in [0.25, 0.3) is 5.56 Å². The van der Waals surface area contributed by atoms with Crippen LogP contribution < -0.4 is 16.6 Å². The van der Waals surface area contributed by atoms with Crippen LogP contribution in [0.25, 0.3) is 16.6 Å². The fraction of sp³-hybridized carbons (Fsp3) is 0.286. The quantitative estimate of drug-likeness (QED) is 0.771. The van der Waals surface area contributed by atoms with Gasteiger partial charge in [0.2, 0.25) is 5.91 Å². The Kier molecular flexibility index (Phi) is 4.99. The Morgan fingerprint density at radius 1 is 1.04 bits per heavy atom. The molecule has 27 heavy (non-hydrogen) atoms. The molecule has 3 rings (SSSR count). The van der Waals surface area contributed by atoms with Crippen LogP contribution in [-0.4, -0.2) is 21.1 Å². The van der Waals surface area contributed by atoms with Gasteiger partial charge in [0.1, 0.15) is 6.54 Å². The topological polar surface area (TPSA) is 73.1 Å². The molecule has 1 amide bonds. The molecule has 0 aliphatic rings. The number of hydrogen-bond acceptors (Lipinski definition) is 3. The lowest BCUT2D eigenvalue weighted by atomic mass is 10.1. The van der Waals surface area contributed by atoms with Gasteiger partial charge in [-0.25, -0.2) is 9.36 Å². The van der Waals surface area contributed by atoms with Crippen LogP contribution in [0, 0.1) is 13.8 Å². The van der Waals surface area contributed by atoms with E-state index in [1.165, 1.54) is 4.57 Å². The summed E-state index contributed by atoms with van der Waals surface area (Å²) in [6, 6.07) is 12.3. The van der Waals surface area contributed by atoms with Crippen molar-refractivity contribution in [2.45, 2.75) is 40.3 Å². The zero-order chi connectivity index (χ0) is 19.7. The van der Waals surface area contributed by atoms with Gasteiger partial charge in [-0.1, -0.05) is 18.2 Å². The van der Waals surface area contributed by atoms with Crippen LogP contribution in [0.4, 0.5) is 0 Å². The Hall–Kier alpha value is -3.15. The van der Waals surface area contributed by atoms with Crippen molar-refractivity contribution in [2.24, 2.45) is 0 Å². The fourth-order valence-electron chi connectivity index (χ4n) is 3.08. The number of nitrogens with one attached hydrogen (secondary N) is 1. The molecule has 1 heterocycles. The van der Waals surface area contributed by atoms with Gasteiger partial charge in [-0.05, 0) is 63.1 Å². The molecule has 0 radical (unpaired) electrons. The van der Waals surface area contributed by atoms with Gasteiger partial charge >= 0.3 is 5.69 Å². The summed E-state index contributed by atoms with van der Waals surface area (Å²) in [5, 5.41) is 3.18. The van der Waals surface area contributed by atoms with E-state index in [4.69, 9.17) is 0 Å². The summed E-state index contributed by atoms with van der Waals surface area (Å²) in [6.07, 6.45) is 0. The maximum Gasteiger partial charge on any atom is 0.336 e. The van der Waals surface area contributed by atoms with Crippen molar-refractivity contribution in [1.82, 2.24) is 14.5 Å². The maximum absolute atomic E-state index is 13.2. The minimum absolute atomic E-state index is 0.0369. The largest absolute Gasteiger partial charge is 0.352 e. The molecule has 6 nitrogen and oxygen atoms in total. The van der Waals surface area contributed by atoms with Gasteiger partial charge in [0.15, 0.2) is 0 Å². The first kappa shape index (κ1) is 18.6. The summed E-state index contributed by atoms with van der Waals surface area (Å²) in [7, 11) is 0. The second-order valence-corrected chi connectivity index (χ2v) is 7.02. The van der Waals surface area contributed by atoms with Gasteiger partial charge in [-0.15, -0.1) is 0 Å². The zero-order valence-electron chi connectivity index (χ0n) is 15.9. The number of nitrogens with zero attached hydrogens (tertiary/aromatic N) is 2. The summed E-state index contributed by atoms with van der Waals surface area (Å²) >= 11 is 0. The van der Waals surface area contributed by atoms with Crippen LogP contribution in [0.2, 0.25) is 0 Å².